The Balaban J connectivity index is 1.90. The van der Waals surface area contributed by atoms with Crippen LogP contribution >= 0.6 is 0 Å². The summed E-state index contributed by atoms with van der Waals surface area (Å²) in [5.41, 5.74) is 2.01. The number of anilines is 1. The zero-order valence-corrected chi connectivity index (χ0v) is 10.5. The third-order valence-corrected chi connectivity index (χ3v) is 2.65. The van der Waals surface area contributed by atoms with Gasteiger partial charge >= 0.3 is 0 Å². The summed E-state index contributed by atoms with van der Waals surface area (Å²) < 4.78 is 19.9. The van der Waals surface area contributed by atoms with Crippen molar-refractivity contribution in [3.8, 4) is 5.75 Å². The highest BCUT2D eigenvalue weighted by Gasteiger charge is 2.03. The Labute approximate surface area is 105 Å². The van der Waals surface area contributed by atoms with Gasteiger partial charge in [0.1, 0.15) is 0 Å². The van der Waals surface area contributed by atoms with Gasteiger partial charge in [0.25, 0.3) is 0 Å². The molecule has 1 aromatic heterocycles. The summed E-state index contributed by atoms with van der Waals surface area (Å²) in [5.74, 6) is -0.100. The maximum atomic E-state index is 13.2. The summed E-state index contributed by atoms with van der Waals surface area (Å²) in [5, 5.41) is 7.32. The molecule has 0 unspecified atom stereocenters. The molecule has 0 atom stereocenters. The van der Waals surface area contributed by atoms with E-state index < -0.39 is 0 Å². The zero-order chi connectivity index (χ0) is 13.0. The van der Waals surface area contributed by atoms with Gasteiger partial charge in [-0.25, -0.2) is 4.39 Å². The minimum atomic E-state index is -0.352. The number of methoxy groups -OCH3 is 1. The van der Waals surface area contributed by atoms with E-state index in [0.717, 1.165) is 18.7 Å². The third-order valence-electron chi connectivity index (χ3n) is 2.65. The highest BCUT2D eigenvalue weighted by molar-refractivity contribution is 5.48. The molecule has 2 rings (SSSR count). The number of aromatic nitrogens is 2. The van der Waals surface area contributed by atoms with Crippen molar-refractivity contribution in [2.75, 3.05) is 19.0 Å². The van der Waals surface area contributed by atoms with Crippen LogP contribution in [-0.2, 0) is 13.5 Å². The van der Waals surface area contributed by atoms with Crippen LogP contribution < -0.4 is 10.1 Å². The van der Waals surface area contributed by atoms with E-state index in [2.05, 4.69) is 10.4 Å². The molecule has 0 saturated heterocycles. The molecule has 0 aliphatic heterocycles. The molecule has 1 heterocycles. The molecule has 2 aromatic rings. The first-order chi connectivity index (χ1) is 8.69. The van der Waals surface area contributed by atoms with Crippen LogP contribution in [0.2, 0.25) is 0 Å². The van der Waals surface area contributed by atoms with E-state index in [1.54, 1.807) is 16.8 Å². The summed E-state index contributed by atoms with van der Waals surface area (Å²) in [4.78, 5) is 0. The van der Waals surface area contributed by atoms with Crippen LogP contribution in [0.4, 0.5) is 10.1 Å². The number of nitrogens with one attached hydrogen (secondary N) is 1. The molecule has 96 valence electrons. The summed E-state index contributed by atoms with van der Waals surface area (Å²) in [6.45, 7) is 0.764. The second-order valence-corrected chi connectivity index (χ2v) is 4.05. The van der Waals surface area contributed by atoms with Crippen LogP contribution in [-0.4, -0.2) is 23.4 Å². The highest BCUT2D eigenvalue weighted by Crippen LogP contribution is 2.21. The molecule has 0 amide bonds. The van der Waals surface area contributed by atoms with E-state index in [1.165, 1.54) is 18.7 Å². The van der Waals surface area contributed by atoms with Gasteiger partial charge in [-0.3, -0.25) is 4.68 Å². The lowest BCUT2D eigenvalue weighted by Gasteiger charge is -2.08. The number of benzene rings is 1. The fourth-order valence-electron chi connectivity index (χ4n) is 1.72. The molecule has 0 spiro atoms. The summed E-state index contributed by atoms with van der Waals surface area (Å²) in [7, 11) is 3.35. The Kier molecular flexibility index (Phi) is 3.82. The molecule has 0 saturated carbocycles. The molecule has 4 nitrogen and oxygen atoms in total. The standard InChI is InChI=1S/C13H16FN3O/c1-17-9-10(8-16-17)5-6-15-11-3-4-12(14)13(7-11)18-2/h3-4,7-9,15H,5-6H2,1-2H3. The normalized spacial score (nSPS) is 10.4. The van der Waals surface area contributed by atoms with Crippen LogP contribution in [0.5, 0.6) is 5.75 Å². The van der Waals surface area contributed by atoms with Crippen molar-refractivity contribution < 1.29 is 9.13 Å². The van der Waals surface area contributed by atoms with E-state index >= 15 is 0 Å². The molecule has 0 fully saturated rings. The Bertz CT molecular complexity index is 525. The van der Waals surface area contributed by atoms with Crippen molar-refractivity contribution in [1.82, 2.24) is 9.78 Å². The van der Waals surface area contributed by atoms with Gasteiger partial charge in [0, 0.05) is 31.5 Å². The van der Waals surface area contributed by atoms with E-state index in [-0.39, 0.29) is 11.6 Å². The SMILES string of the molecule is COc1cc(NCCc2cnn(C)c2)ccc1F. The number of hydrogen-bond acceptors (Lipinski definition) is 3. The third kappa shape index (κ3) is 3.00. The van der Waals surface area contributed by atoms with E-state index in [4.69, 9.17) is 4.74 Å². The molecule has 1 aromatic carbocycles. The predicted molar refractivity (Wildman–Crippen MR) is 68.4 cm³/mol. The van der Waals surface area contributed by atoms with Gasteiger partial charge in [0.2, 0.25) is 0 Å². The lowest BCUT2D eigenvalue weighted by molar-refractivity contribution is 0.387. The van der Waals surface area contributed by atoms with Crippen LogP contribution in [0, 0.1) is 5.82 Å². The quantitative estimate of drug-likeness (QED) is 0.883. The summed E-state index contributed by atoms with van der Waals surface area (Å²) >= 11 is 0. The van der Waals surface area contributed by atoms with Crippen molar-refractivity contribution in [3.05, 3.63) is 42.0 Å². The van der Waals surface area contributed by atoms with Crippen molar-refractivity contribution >= 4 is 5.69 Å². The average Bonchev–Trinajstić information content (AvgIpc) is 2.77. The molecule has 1 N–H and O–H groups in total. The largest absolute Gasteiger partial charge is 0.494 e. The number of halogens is 1. The van der Waals surface area contributed by atoms with Gasteiger partial charge < -0.3 is 10.1 Å². The topological polar surface area (TPSA) is 39.1 Å². The van der Waals surface area contributed by atoms with Gasteiger partial charge in [-0.05, 0) is 24.1 Å². The van der Waals surface area contributed by atoms with Gasteiger partial charge in [-0.2, -0.15) is 5.10 Å². The van der Waals surface area contributed by atoms with Crippen LogP contribution in [0.3, 0.4) is 0 Å². The zero-order valence-electron chi connectivity index (χ0n) is 10.5. The second-order valence-electron chi connectivity index (χ2n) is 4.05. The van der Waals surface area contributed by atoms with Crippen molar-refractivity contribution in [3.63, 3.8) is 0 Å². The molecular weight excluding hydrogens is 233 g/mol. The number of hydrogen-bond donors (Lipinski definition) is 1. The Hall–Kier alpha value is -2.04. The van der Waals surface area contributed by atoms with Crippen LogP contribution in [0.1, 0.15) is 5.56 Å². The van der Waals surface area contributed by atoms with E-state index in [1.807, 2.05) is 19.4 Å². The molecule has 18 heavy (non-hydrogen) atoms. The molecule has 0 bridgehead atoms. The number of rotatable bonds is 5. The molecule has 5 heteroatoms. The van der Waals surface area contributed by atoms with Gasteiger partial charge in [0.15, 0.2) is 11.6 Å². The lowest BCUT2D eigenvalue weighted by Crippen LogP contribution is -2.04. The monoisotopic (exact) mass is 249 g/mol. The molecule has 0 aliphatic carbocycles. The van der Waals surface area contributed by atoms with Crippen molar-refractivity contribution in [2.24, 2.45) is 7.05 Å². The van der Waals surface area contributed by atoms with Crippen molar-refractivity contribution in [1.29, 1.82) is 0 Å². The van der Waals surface area contributed by atoms with Gasteiger partial charge in [0.05, 0.1) is 13.3 Å². The van der Waals surface area contributed by atoms with Crippen LogP contribution in [0.25, 0.3) is 0 Å². The Morgan fingerprint density at radius 3 is 2.94 bits per heavy atom. The smallest absolute Gasteiger partial charge is 0.165 e. The molecular formula is C13H16FN3O. The Morgan fingerprint density at radius 1 is 1.44 bits per heavy atom. The first kappa shape index (κ1) is 12.4. The number of nitrogens with zero attached hydrogens (tertiary/aromatic N) is 2. The Morgan fingerprint density at radius 2 is 2.28 bits per heavy atom. The van der Waals surface area contributed by atoms with Crippen LogP contribution in [0.15, 0.2) is 30.6 Å². The fourth-order valence-corrected chi connectivity index (χ4v) is 1.72. The summed E-state index contributed by atoms with van der Waals surface area (Å²) in [6.07, 6.45) is 4.69. The van der Waals surface area contributed by atoms with Crippen molar-refractivity contribution in [2.45, 2.75) is 6.42 Å². The lowest BCUT2D eigenvalue weighted by atomic mass is 10.2. The summed E-state index contributed by atoms with van der Waals surface area (Å²) in [6, 6.07) is 4.74. The second kappa shape index (κ2) is 5.53. The maximum absolute atomic E-state index is 13.2. The van der Waals surface area contributed by atoms with E-state index in [0.29, 0.717) is 0 Å². The number of aryl methyl sites for hydroxylation is 1. The minimum absolute atomic E-state index is 0.251. The minimum Gasteiger partial charge on any atom is -0.494 e. The number of ether oxygens (including phenoxy) is 1. The predicted octanol–water partition coefficient (Wildman–Crippen LogP) is 2.22. The maximum Gasteiger partial charge on any atom is 0.165 e. The van der Waals surface area contributed by atoms with Gasteiger partial charge in [-0.15, -0.1) is 0 Å². The molecule has 0 radical (unpaired) electrons. The first-order valence-corrected chi connectivity index (χ1v) is 5.74. The average molecular weight is 249 g/mol. The molecule has 0 aliphatic rings. The van der Waals surface area contributed by atoms with E-state index in [9.17, 15) is 4.39 Å². The first-order valence-electron chi connectivity index (χ1n) is 5.74. The van der Waals surface area contributed by atoms with Gasteiger partial charge in [-0.1, -0.05) is 0 Å². The highest BCUT2D eigenvalue weighted by atomic mass is 19.1. The fraction of sp³-hybridized carbons (Fsp3) is 0.308.